The van der Waals surface area contributed by atoms with Crippen LogP contribution in [0.2, 0.25) is 0 Å². The molecule has 2 heterocycles. The number of hydrogen-bond acceptors (Lipinski definition) is 5. The number of nitrogens with zero attached hydrogens (tertiary/aromatic N) is 2. The molecule has 0 atom stereocenters. The number of benzene rings is 2. The maximum Gasteiger partial charge on any atom is 0.286 e. The van der Waals surface area contributed by atoms with E-state index in [1.165, 1.54) is 11.8 Å². The van der Waals surface area contributed by atoms with Crippen molar-refractivity contribution in [1.82, 2.24) is 9.97 Å². The van der Waals surface area contributed by atoms with Gasteiger partial charge in [0.05, 0.1) is 15.9 Å². The summed E-state index contributed by atoms with van der Waals surface area (Å²) in [7, 11) is 0. The molecule has 4 rings (SSSR count). The third-order valence-corrected chi connectivity index (χ3v) is 4.44. The molecule has 0 aliphatic carbocycles. The van der Waals surface area contributed by atoms with Crippen LogP contribution in [0.5, 0.6) is 5.75 Å². The van der Waals surface area contributed by atoms with Gasteiger partial charge >= 0.3 is 0 Å². The van der Waals surface area contributed by atoms with Gasteiger partial charge in [-0.05, 0) is 47.7 Å². The molecule has 124 valence electrons. The Kier molecular flexibility index (Phi) is 3.99. The molecule has 1 aliphatic rings. The molecule has 0 fully saturated rings. The van der Waals surface area contributed by atoms with E-state index in [4.69, 9.17) is 10.5 Å². The van der Waals surface area contributed by atoms with Crippen LogP contribution in [0.1, 0.15) is 11.4 Å². The van der Waals surface area contributed by atoms with E-state index in [-0.39, 0.29) is 11.1 Å². The second-order valence-corrected chi connectivity index (χ2v) is 6.49. The van der Waals surface area contributed by atoms with Crippen molar-refractivity contribution in [3.8, 4) is 5.75 Å². The van der Waals surface area contributed by atoms with E-state index >= 15 is 0 Å². The number of aliphatic imine (C=N–C) groups is 1. The van der Waals surface area contributed by atoms with Crippen molar-refractivity contribution in [2.45, 2.75) is 6.61 Å². The van der Waals surface area contributed by atoms with E-state index in [1.807, 2.05) is 48.5 Å². The van der Waals surface area contributed by atoms with E-state index in [0.717, 1.165) is 28.2 Å². The summed E-state index contributed by atoms with van der Waals surface area (Å²) in [5.41, 5.74) is 8.33. The van der Waals surface area contributed by atoms with Gasteiger partial charge in [-0.15, -0.1) is 0 Å². The Balaban J connectivity index is 1.42. The van der Waals surface area contributed by atoms with E-state index < -0.39 is 0 Å². The number of amidine groups is 1. The Bertz CT molecular complexity index is 972. The number of hydrogen-bond donors (Lipinski definition) is 2. The first kappa shape index (κ1) is 15.5. The minimum atomic E-state index is -0.298. The van der Waals surface area contributed by atoms with Gasteiger partial charge in [0.1, 0.15) is 18.2 Å². The van der Waals surface area contributed by atoms with E-state index in [1.54, 1.807) is 6.08 Å². The average Bonchev–Trinajstić information content (AvgIpc) is 3.16. The zero-order valence-corrected chi connectivity index (χ0v) is 13.9. The molecule has 3 N–H and O–H groups in total. The van der Waals surface area contributed by atoms with Crippen molar-refractivity contribution in [2.75, 3.05) is 0 Å². The van der Waals surface area contributed by atoms with Gasteiger partial charge in [0, 0.05) is 0 Å². The number of fused-ring (bicyclic) bond motifs is 1. The SMILES string of the molecule is NC1=NC(=O)/C(=C/c2ccc(OCc3nc4ccccc4[nH]3)cc2)S1. The number of aromatic nitrogens is 2. The summed E-state index contributed by atoms with van der Waals surface area (Å²) in [6.45, 7) is 0.355. The second-order valence-electron chi connectivity index (χ2n) is 5.42. The predicted molar refractivity (Wildman–Crippen MR) is 99.1 cm³/mol. The molecule has 2 aromatic carbocycles. The number of carbonyl (C=O) groups is 1. The van der Waals surface area contributed by atoms with Crippen molar-refractivity contribution < 1.29 is 9.53 Å². The van der Waals surface area contributed by atoms with E-state index in [9.17, 15) is 4.79 Å². The van der Waals surface area contributed by atoms with Crippen LogP contribution in [0.25, 0.3) is 17.1 Å². The number of ether oxygens (including phenoxy) is 1. The summed E-state index contributed by atoms with van der Waals surface area (Å²) in [4.78, 5) is 23.5. The van der Waals surface area contributed by atoms with Crippen LogP contribution in [0.4, 0.5) is 0 Å². The Morgan fingerprint density at radius 1 is 1.16 bits per heavy atom. The third-order valence-electron chi connectivity index (χ3n) is 3.63. The lowest BCUT2D eigenvalue weighted by Gasteiger charge is -2.04. The molecule has 1 aliphatic heterocycles. The highest BCUT2D eigenvalue weighted by molar-refractivity contribution is 8.18. The summed E-state index contributed by atoms with van der Waals surface area (Å²) < 4.78 is 5.76. The quantitative estimate of drug-likeness (QED) is 0.705. The van der Waals surface area contributed by atoms with E-state index in [0.29, 0.717) is 11.5 Å². The first-order chi connectivity index (χ1) is 12.2. The van der Waals surface area contributed by atoms with Crippen molar-refractivity contribution in [2.24, 2.45) is 10.7 Å². The van der Waals surface area contributed by atoms with Crippen molar-refractivity contribution in [3.05, 3.63) is 64.8 Å². The molecule has 1 amide bonds. The number of amides is 1. The Hall–Kier alpha value is -3.06. The summed E-state index contributed by atoms with van der Waals surface area (Å²) in [6, 6.07) is 15.3. The molecule has 0 radical (unpaired) electrons. The van der Waals surface area contributed by atoms with Crippen LogP contribution >= 0.6 is 11.8 Å². The van der Waals surface area contributed by atoms with Crippen LogP contribution < -0.4 is 10.5 Å². The number of thioether (sulfide) groups is 1. The van der Waals surface area contributed by atoms with Crippen molar-refractivity contribution in [1.29, 1.82) is 0 Å². The molecule has 7 heteroatoms. The lowest BCUT2D eigenvalue weighted by atomic mass is 10.2. The zero-order valence-electron chi connectivity index (χ0n) is 13.1. The van der Waals surface area contributed by atoms with Crippen molar-refractivity contribution >= 4 is 39.9 Å². The maximum absolute atomic E-state index is 11.6. The second kappa shape index (κ2) is 6.45. The molecule has 0 unspecified atom stereocenters. The van der Waals surface area contributed by atoms with E-state index in [2.05, 4.69) is 15.0 Å². The number of H-pyrrole nitrogens is 1. The number of nitrogens with one attached hydrogen (secondary N) is 1. The zero-order chi connectivity index (χ0) is 17.2. The average molecular weight is 350 g/mol. The van der Waals surface area contributed by atoms with Crippen LogP contribution in [0.3, 0.4) is 0 Å². The fraction of sp³-hybridized carbons (Fsp3) is 0.0556. The van der Waals surface area contributed by atoms with Crippen LogP contribution in [0.15, 0.2) is 58.4 Å². The predicted octanol–water partition coefficient (Wildman–Crippen LogP) is 3.07. The number of rotatable bonds is 4. The normalized spacial score (nSPS) is 15.8. The fourth-order valence-corrected chi connectivity index (χ4v) is 3.14. The lowest BCUT2D eigenvalue weighted by Crippen LogP contribution is -2.01. The van der Waals surface area contributed by atoms with Gasteiger partial charge in [-0.1, -0.05) is 24.3 Å². The molecule has 6 nitrogen and oxygen atoms in total. The van der Waals surface area contributed by atoms with Gasteiger partial charge < -0.3 is 15.5 Å². The summed E-state index contributed by atoms with van der Waals surface area (Å²) in [5, 5.41) is 0.280. The van der Waals surface area contributed by atoms with Crippen LogP contribution in [-0.4, -0.2) is 21.0 Å². The molecule has 0 saturated carbocycles. The molecule has 1 aromatic heterocycles. The molecular weight excluding hydrogens is 336 g/mol. The lowest BCUT2D eigenvalue weighted by molar-refractivity contribution is -0.113. The van der Waals surface area contributed by atoms with Crippen LogP contribution in [0, 0.1) is 0 Å². The topological polar surface area (TPSA) is 93.4 Å². The van der Waals surface area contributed by atoms with Crippen LogP contribution in [-0.2, 0) is 11.4 Å². The Morgan fingerprint density at radius 2 is 1.96 bits per heavy atom. The molecule has 0 spiro atoms. The van der Waals surface area contributed by atoms with Crippen molar-refractivity contribution in [3.63, 3.8) is 0 Å². The molecule has 3 aromatic rings. The Morgan fingerprint density at radius 3 is 2.68 bits per heavy atom. The number of carbonyl (C=O) groups excluding carboxylic acids is 1. The van der Waals surface area contributed by atoms with Gasteiger partial charge in [-0.25, -0.2) is 4.98 Å². The van der Waals surface area contributed by atoms with Gasteiger partial charge in [0.2, 0.25) is 0 Å². The number of imidazole rings is 1. The van der Waals surface area contributed by atoms with Gasteiger partial charge in [-0.2, -0.15) is 4.99 Å². The highest BCUT2D eigenvalue weighted by atomic mass is 32.2. The maximum atomic E-state index is 11.6. The fourth-order valence-electron chi connectivity index (χ4n) is 2.46. The highest BCUT2D eigenvalue weighted by Crippen LogP contribution is 2.27. The van der Waals surface area contributed by atoms with Gasteiger partial charge in [-0.3, -0.25) is 4.79 Å². The number of aromatic amines is 1. The summed E-state index contributed by atoms with van der Waals surface area (Å²) in [5.74, 6) is 1.20. The first-order valence-corrected chi connectivity index (χ1v) is 8.43. The molecule has 0 bridgehead atoms. The summed E-state index contributed by atoms with van der Waals surface area (Å²) in [6.07, 6.45) is 1.76. The Labute approximate surface area is 147 Å². The van der Waals surface area contributed by atoms with Gasteiger partial charge in [0.25, 0.3) is 5.91 Å². The minimum Gasteiger partial charge on any atom is -0.486 e. The smallest absolute Gasteiger partial charge is 0.286 e. The summed E-state index contributed by atoms with van der Waals surface area (Å²) >= 11 is 1.18. The molecule has 25 heavy (non-hydrogen) atoms. The molecule has 0 saturated heterocycles. The van der Waals surface area contributed by atoms with Gasteiger partial charge in [0.15, 0.2) is 5.17 Å². The number of nitrogens with two attached hydrogens (primary N) is 1. The first-order valence-electron chi connectivity index (χ1n) is 7.62. The number of para-hydroxylation sites is 2. The third kappa shape index (κ3) is 3.41. The molecular formula is C18H14N4O2S. The monoisotopic (exact) mass is 350 g/mol. The minimum absolute atomic E-state index is 0.280. The largest absolute Gasteiger partial charge is 0.486 e. The standard InChI is InChI=1S/C18H14N4O2S/c19-18-22-17(23)15(25-18)9-11-5-7-12(8-6-11)24-10-16-20-13-3-1-2-4-14(13)21-16/h1-9H,10H2,(H,20,21)(H2,19,22,23)/b15-9-. The highest BCUT2D eigenvalue weighted by Gasteiger charge is 2.19.